The Balaban J connectivity index is 1.75. The highest BCUT2D eigenvalue weighted by atomic mass is 16.5. The average Bonchev–Trinajstić information content (AvgIpc) is 2.93. The molecule has 1 aliphatic heterocycles. The van der Waals surface area contributed by atoms with E-state index in [1.54, 1.807) is 0 Å². The molecular weight excluding hydrogens is 222 g/mol. The van der Waals surface area contributed by atoms with E-state index in [-0.39, 0.29) is 18.4 Å². The first kappa shape index (κ1) is 12.4. The van der Waals surface area contributed by atoms with Gasteiger partial charge in [-0.1, -0.05) is 12.8 Å². The Morgan fingerprint density at radius 1 is 1.35 bits per heavy atom. The zero-order valence-electron chi connectivity index (χ0n) is 9.85. The van der Waals surface area contributed by atoms with Gasteiger partial charge < -0.3 is 15.2 Å². The van der Waals surface area contributed by atoms with Crippen molar-refractivity contribution in [3.05, 3.63) is 0 Å². The molecule has 0 radical (unpaired) electrons. The number of hydrogen-bond donors (Lipinski definition) is 2. The van der Waals surface area contributed by atoms with E-state index in [0.717, 1.165) is 25.7 Å². The zero-order valence-corrected chi connectivity index (χ0v) is 9.85. The Bertz CT molecular complexity index is 295. The van der Waals surface area contributed by atoms with E-state index in [0.29, 0.717) is 18.9 Å². The van der Waals surface area contributed by atoms with Crippen LogP contribution >= 0.6 is 0 Å². The smallest absolute Gasteiger partial charge is 0.326 e. The van der Waals surface area contributed by atoms with Crippen molar-refractivity contribution >= 4 is 11.9 Å². The van der Waals surface area contributed by atoms with E-state index in [9.17, 15) is 9.59 Å². The third kappa shape index (κ3) is 4.00. The highest BCUT2D eigenvalue weighted by Gasteiger charge is 2.30. The number of carboxylic acids is 1. The molecular formula is C12H19NO4. The second-order valence-electron chi connectivity index (χ2n) is 4.98. The van der Waals surface area contributed by atoms with Gasteiger partial charge in [-0.3, -0.25) is 4.79 Å². The van der Waals surface area contributed by atoms with Gasteiger partial charge in [0, 0.05) is 6.61 Å². The van der Waals surface area contributed by atoms with Crippen LogP contribution in [-0.4, -0.2) is 35.7 Å². The van der Waals surface area contributed by atoms with Gasteiger partial charge in [0.25, 0.3) is 0 Å². The lowest BCUT2D eigenvalue weighted by Crippen LogP contribution is -2.42. The second-order valence-corrected chi connectivity index (χ2v) is 4.98. The first-order valence-electron chi connectivity index (χ1n) is 6.29. The summed E-state index contributed by atoms with van der Waals surface area (Å²) in [7, 11) is 0. The summed E-state index contributed by atoms with van der Waals surface area (Å²) in [5.41, 5.74) is 0. The monoisotopic (exact) mass is 241 g/mol. The number of aliphatic carboxylic acids is 1. The van der Waals surface area contributed by atoms with Gasteiger partial charge >= 0.3 is 5.97 Å². The second kappa shape index (κ2) is 5.49. The van der Waals surface area contributed by atoms with Crippen LogP contribution in [0.5, 0.6) is 0 Å². The Hall–Kier alpha value is -1.10. The highest BCUT2D eigenvalue weighted by molar-refractivity contribution is 5.83. The average molecular weight is 241 g/mol. The van der Waals surface area contributed by atoms with Gasteiger partial charge in [-0.2, -0.15) is 0 Å². The number of carbonyl (C=O) groups excluding carboxylic acids is 1. The van der Waals surface area contributed by atoms with E-state index in [1.807, 2.05) is 0 Å². The molecule has 2 unspecified atom stereocenters. The van der Waals surface area contributed by atoms with Crippen molar-refractivity contribution in [2.75, 3.05) is 6.61 Å². The molecule has 2 rings (SSSR count). The van der Waals surface area contributed by atoms with Crippen molar-refractivity contribution in [2.24, 2.45) is 5.92 Å². The van der Waals surface area contributed by atoms with Crippen LogP contribution in [0.3, 0.4) is 0 Å². The summed E-state index contributed by atoms with van der Waals surface area (Å²) in [6.45, 7) is 0.711. The fourth-order valence-corrected chi connectivity index (χ4v) is 2.17. The largest absolute Gasteiger partial charge is 0.480 e. The molecule has 96 valence electrons. The standard InChI is InChI=1S/C12H19NO4/c14-11(7-9-2-1-5-17-9)13-10(12(15)16)6-8-3-4-8/h8-10H,1-7H2,(H,13,14)(H,15,16). The molecule has 5 nitrogen and oxygen atoms in total. The topological polar surface area (TPSA) is 75.6 Å². The summed E-state index contributed by atoms with van der Waals surface area (Å²) in [5, 5.41) is 11.6. The van der Waals surface area contributed by atoms with Crippen LogP contribution < -0.4 is 5.32 Å². The summed E-state index contributed by atoms with van der Waals surface area (Å²) in [6, 6.07) is -0.726. The quantitative estimate of drug-likeness (QED) is 0.725. The van der Waals surface area contributed by atoms with Crippen molar-refractivity contribution in [3.8, 4) is 0 Å². The molecule has 0 aromatic heterocycles. The Kier molecular flexibility index (Phi) is 3.99. The van der Waals surface area contributed by atoms with Crippen LogP contribution in [-0.2, 0) is 14.3 Å². The van der Waals surface area contributed by atoms with Gasteiger partial charge in [0.05, 0.1) is 12.5 Å². The van der Waals surface area contributed by atoms with E-state index in [4.69, 9.17) is 9.84 Å². The van der Waals surface area contributed by atoms with Crippen molar-refractivity contribution < 1.29 is 19.4 Å². The molecule has 0 spiro atoms. The molecule has 1 heterocycles. The lowest BCUT2D eigenvalue weighted by molar-refractivity contribution is -0.142. The molecule has 2 aliphatic rings. The van der Waals surface area contributed by atoms with Gasteiger partial charge in [-0.25, -0.2) is 4.79 Å². The van der Waals surface area contributed by atoms with Gasteiger partial charge in [0.15, 0.2) is 0 Å². The first-order chi connectivity index (χ1) is 8.15. The van der Waals surface area contributed by atoms with Crippen LogP contribution in [0.2, 0.25) is 0 Å². The van der Waals surface area contributed by atoms with Crippen molar-refractivity contribution in [1.29, 1.82) is 0 Å². The van der Waals surface area contributed by atoms with Crippen LogP contribution in [0.15, 0.2) is 0 Å². The summed E-state index contributed by atoms with van der Waals surface area (Å²) < 4.78 is 5.35. The molecule has 1 saturated carbocycles. The van der Waals surface area contributed by atoms with Gasteiger partial charge in [-0.15, -0.1) is 0 Å². The lowest BCUT2D eigenvalue weighted by atomic mass is 10.1. The molecule has 1 amide bonds. The third-order valence-corrected chi connectivity index (χ3v) is 3.34. The number of carbonyl (C=O) groups is 2. The lowest BCUT2D eigenvalue weighted by Gasteiger charge is -2.15. The summed E-state index contributed by atoms with van der Waals surface area (Å²) in [6.07, 6.45) is 4.89. The Morgan fingerprint density at radius 3 is 2.65 bits per heavy atom. The first-order valence-corrected chi connectivity index (χ1v) is 6.29. The predicted molar refractivity (Wildman–Crippen MR) is 60.5 cm³/mol. The number of rotatable bonds is 6. The van der Waals surface area contributed by atoms with E-state index in [1.165, 1.54) is 0 Å². The van der Waals surface area contributed by atoms with E-state index in [2.05, 4.69) is 5.32 Å². The van der Waals surface area contributed by atoms with Crippen LogP contribution in [0, 0.1) is 5.92 Å². The maximum atomic E-state index is 11.7. The summed E-state index contributed by atoms with van der Waals surface area (Å²) >= 11 is 0. The van der Waals surface area contributed by atoms with Crippen LogP contribution in [0.25, 0.3) is 0 Å². The highest BCUT2D eigenvalue weighted by Crippen LogP contribution is 2.33. The van der Waals surface area contributed by atoms with E-state index >= 15 is 0 Å². The fraction of sp³-hybridized carbons (Fsp3) is 0.833. The Morgan fingerprint density at radius 2 is 2.12 bits per heavy atom. The SMILES string of the molecule is O=C(CC1CCCO1)NC(CC1CC1)C(=O)O. The molecule has 5 heteroatoms. The molecule has 0 aromatic rings. The molecule has 0 aromatic carbocycles. The summed E-state index contributed by atoms with van der Waals surface area (Å²) in [4.78, 5) is 22.7. The van der Waals surface area contributed by atoms with Crippen LogP contribution in [0.4, 0.5) is 0 Å². The van der Waals surface area contributed by atoms with E-state index < -0.39 is 12.0 Å². The molecule has 2 atom stereocenters. The molecule has 1 aliphatic carbocycles. The number of nitrogens with one attached hydrogen (secondary N) is 1. The van der Waals surface area contributed by atoms with Crippen LogP contribution in [0.1, 0.15) is 38.5 Å². The zero-order chi connectivity index (χ0) is 12.3. The molecule has 2 fully saturated rings. The van der Waals surface area contributed by atoms with Crippen molar-refractivity contribution in [3.63, 3.8) is 0 Å². The van der Waals surface area contributed by atoms with Crippen molar-refractivity contribution in [2.45, 2.75) is 50.7 Å². The summed E-state index contributed by atoms with van der Waals surface area (Å²) in [5.74, 6) is -0.651. The van der Waals surface area contributed by atoms with Crippen molar-refractivity contribution in [1.82, 2.24) is 5.32 Å². The molecule has 0 bridgehead atoms. The molecule has 1 saturated heterocycles. The minimum Gasteiger partial charge on any atom is -0.480 e. The number of amides is 1. The third-order valence-electron chi connectivity index (χ3n) is 3.34. The number of ether oxygens (including phenoxy) is 1. The Labute approximate surface area is 101 Å². The van der Waals surface area contributed by atoms with Gasteiger partial charge in [-0.05, 0) is 25.2 Å². The molecule has 17 heavy (non-hydrogen) atoms. The maximum Gasteiger partial charge on any atom is 0.326 e. The number of carboxylic acid groups (broad SMARTS) is 1. The van der Waals surface area contributed by atoms with Gasteiger partial charge in [0.2, 0.25) is 5.91 Å². The minimum absolute atomic E-state index is 0.0228. The maximum absolute atomic E-state index is 11.7. The molecule has 2 N–H and O–H groups in total. The normalized spacial score (nSPS) is 25.5. The predicted octanol–water partition coefficient (Wildman–Crippen LogP) is 0.925. The fourth-order valence-electron chi connectivity index (χ4n) is 2.17. The number of hydrogen-bond acceptors (Lipinski definition) is 3. The van der Waals surface area contributed by atoms with Gasteiger partial charge in [0.1, 0.15) is 6.04 Å². The minimum atomic E-state index is -0.933.